The van der Waals surface area contributed by atoms with Crippen molar-refractivity contribution in [2.75, 3.05) is 0 Å². The second-order valence-corrected chi connectivity index (χ2v) is 11.2. The Labute approximate surface area is 118 Å². The molecule has 0 heterocycles. The molecule has 0 amide bonds. The Morgan fingerprint density at radius 1 is 1.32 bits per heavy atom. The van der Waals surface area contributed by atoms with Gasteiger partial charge in [0.05, 0.1) is 0 Å². The van der Waals surface area contributed by atoms with E-state index in [4.69, 9.17) is 0 Å². The van der Waals surface area contributed by atoms with Crippen LogP contribution < -0.4 is 0 Å². The number of hydrogen-bond donors (Lipinski definition) is 1. The molecule has 4 nitrogen and oxygen atoms in total. The van der Waals surface area contributed by atoms with Crippen LogP contribution in [-0.2, 0) is 14.2 Å². The number of hydrogen-bond acceptors (Lipinski definition) is 4. The van der Waals surface area contributed by atoms with Crippen molar-refractivity contribution in [1.82, 2.24) is 0 Å². The molecule has 0 aromatic heterocycles. The van der Waals surface area contributed by atoms with E-state index in [1.165, 1.54) is 8.05 Å². The molecule has 0 aliphatic heterocycles. The van der Waals surface area contributed by atoms with E-state index in [2.05, 4.69) is 4.65 Å². The predicted octanol–water partition coefficient (Wildman–Crippen LogP) is 1.68. The number of rotatable bonds is 7. The van der Waals surface area contributed by atoms with E-state index >= 15 is 0 Å². The van der Waals surface area contributed by atoms with E-state index in [0.717, 1.165) is 0 Å². The first-order chi connectivity index (χ1) is 8.42. The zero-order valence-electron chi connectivity index (χ0n) is 13.2. The number of Topliss-reactive ketones (excluding diaryl/α,β-unsaturated/α-hetero) is 1. The van der Waals surface area contributed by atoms with Crippen molar-refractivity contribution < 1.29 is 19.0 Å². The van der Waals surface area contributed by atoms with Gasteiger partial charge in [-0.25, -0.2) is 0 Å². The number of ketones is 1. The van der Waals surface area contributed by atoms with Crippen molar-refractivity contribution in [2.24, 2.45) is 11.8 Å². The number of carbonyl (C=O) groups is 2. The monoisotopic (exact) mass is 286 g/mol. The third kappa shape index (κ3) is 5.49. The minimum Gasteiger partial charge on any atom is -0.543 e. The van der Waals surface area contributed by atoms with E-state index in [1.807, 2.05) is 40.8 Å². The molecule has 0 rings (SSSR count). The maximum Gasteiger partial charge on any atom is 0.325 e. The molecule has 0 bridgehead atoms. The third-order valence-corrected chi connectivity index (χ3v) is 7.67. The molecular formula is C13H27BO4Si. The van der Waals surface area contributed by atoms with E-state index in [-0.39, 0.29) is 29.1 Å². The molecule has 0 unspecified atom stereocenters. The Hall–Kier alpha value is -0.618. The Balaban J connectivity index is 4.95. The van der Waals surface area contributed by atoms with Gasteiger partial charge in [-0.2, -0.15) is 0 Å². The first-order valence-electron chi connectivity index (χ1n) is 6.74. The van der Waals surface area contributed by atoms with E-state index in [0.29, 0.717) is 6.42 Å². The summed E-state index contributed by atoms with van der Waals surface area (Å²) in [5, 5.41) is -0.270. The van der Waals surface area contributed by atoms with E-state index < -0.39 is 14.3 Å². The lowest BCUT2D eigenvalue weighted by Gasteiger charge is -2.38. The average molecular weight is 286 g/mol. The zero-order valence-corrected chi connectivity index (χ0v) is 14.2. The Kier molecular flexibility index (Phi) is 6.48. The smallest absolute Gasteiger partial charge is 0.325 e. The summed E-state index contributed by atoms with van der Waals surface area (Å²) in [6.07, 6.45) is 0.430. The summed E-state index contributed by atoms with van der Waals surface area (Å²) in [6, 6.07) is 0. The minimum atomic E-state index is -2.36. The standard InChI is InChI=1S/C13H27BO4Si/c1-9(2)10(11(15)7-12(16)18-14)8-13(3,4)19(5,6)17/h9-10,17H,7-8,14H2,1-6H3/t10-/m0/s1. The summed E-state index contributed by atoms with van der Waals surface area (Å²) < 4.78 is 4.55. The third-order valence-electron chi connectivity index (χ3n) is 4.15. The van der Waals surface area contributed by atoms with Gasteiger partial charge in [-0.05, 0) is 30.5 Å². The summed E-state index contributed by atoms with van der Waals surface area (Å²) in [6.45, 7) is 11.7. The van der Waals surface area contributed by atoms with Gasteiger partial charge in [-0.3, -0.25) is 9.59 Å². The van der Waals surface area contributed by atoms with Gasteiger partial charge in [0.25, 0.3) is 5.97 Å². The van der Waals surface area contributed by atoms with Crippen molar-refractivity contribution >= 4 is 28.1 Å². The van der Waals surface area contributed by atoms with Gasteiger partial charge < -0.3 is 9.45 Å². The average Bonchev–Trinajstić information content (AvgIpc) is 2.23. The van der Waals surface area contributed by atoms with Crippen molar-refractivity contribution in [2.45, 2.75) is 58.7 Å². The van der Waals surface area contributed by atoms with Gasteiger partial charge in [-0.1, -0.05) is 27.7 Å². The van der Waals surface area contributed by atoms with Crippen LogP contribution in [0.25, 0.3) is 0 Å². The van der Waals surface area contributed by atoms with Crippen LogP contribution in [0, 0.1) is 11.8 Å². The summed E-state index contributed by atoms with van der Waals surface area (Å²) in [4.78, 5) is 33.7. The summed E-state index contributed by atoms with van der Waals surface area (Å²) in [7, 11) is -1.07. The lowest BCUT2D eigenvalue weighted by atomic mass is 9.83. The number of carbonyl (C=O) groups excluding carboxylic acids is 2. The largest absolute Gasteiger partial charge is 0.543 e. The predicted molar refractivity (Wildman–Crippen MR) is 80.9 cm³/mol. The molecule has 110 valence electrons. The molecule has 0 aromatic carbocycles. The zero-order chi connectivity index (χ0) is 15.4. The fraction of sp³-hybridized carbons (Fsp3) is 0.846. The first kappa shape index (κ1) is 18.4. The maximum absolute atomic E-state index is 12.2. The van der Waals surface area contributed by atoms with E-state index in [9.17, 15) is 14.4 Å². The summed E-state index contributed by atoms with van der Waals surface area (Å²) in [5.74, 6) is -0.650. The van der Waals surface area contributed by atoms with Crippen LogP contribution in [-0.4, -0.2) is 32.9 Å². The van der Waals surface area contributed by atoms with Crippen LogP contribution in [0.1, 0.15) is 40.5 Å². The Morgan fingerprint density at radius 3 is 2.11 bits per heavy atom. The van der Waals surface area contributed by atoms with Crippen LogP contribution >= 0.6 is 0 Å². The van der Waals surface area contributed by atoms with Gasteiger partial charge in [0, 0.05) is 5.92 Å². The van der Waals surface area contributed by atoms with Crippen LogP contribution in [0.3, 0.4) is 0 Å². The molecule has 0 saturated heterocycles. The highest BCUT2D eigenvalue weighted by atomic mass is 28.4. The molecule has 0 saturated carbocycles. The molecule has 0 aliphatic carbocycles. The SMILES string of the molecule is BOC(=O)CC(=O)[C@@H](CC(C)(C)[Si](C)(C)O)C(C)C. The highest BCUT2D eigenvalue weighted by Crippen LogP contribution is 2.43. The molecule has 19 heavy (non-hydrogen) atoms. The van der Waals surface area contributed by atoms with Crippen LogP contribution in [0.5, 0.6) is 0 Å². The Morgan fingerprint density at radius 2 is 1.79 bits per heavy atom. The molecule has 1 N–H and O–H groups in total. The molecule has 6 heteroatoms. The van der Waals surface area contributed by atoms with Crippen LogP contribution in [0.4, 0.5) is 0 Å². The molecule has 0 spiro atoms. The fourth-order valence-electron chi connectivity index (χ4n) is 1.87. The van der Waals surface area contributed by atoms with Gasteiger partial charge in [0.2, 0.25) is 0 Å². The van der Waals surface area contributed by atoms with Crippen molar-refractivity contribution in [1.29, 1.82) is 0 Å². The fourth-order valence-corrected chi connectivity index (χ4v) is 2.59. The topological polar surface area (TPSA) is 63.6 Å². The van der Waals surface area contributed by atoms with Gasteiger partial charge >= 0.3 is 8.05 Å². The van der Waals surface area contributed by atoms with E-state index in [1.54, 1.807) is 0 Å². The van der Waals surface area contributed by atoms with Gasteiger partial charge in [0.15, 0.2) is 8.32 Å². The first-order valence-corrected chi connectivity index (χ1v) is 9.69. The summed E-state index contributed by atoms with van der Waals surface area (Å²) >= 11 is 0. The van der Waals surface area contributed by atoms with Crippen molar-refractivity contribution in [3.8, 4) is 0 Å². The molecule has 0 aliphatic rings. The molecule has 0 radical (unpaired) electrons. The lowest BCUT2D eigenvalue weighted by Crippen LogP contribution is -2.42. The van der Waals surface area contributed by atoms with Crippen molar-refractivity contribution in [3.05, 3.63) is 0 Å². The van der Waals surface area contributed by atoms with Crippen LogP contribution in [0.15, 0.2) is 0 Å². The molecule has 1 atom stereocenters. The molecular weight excluding hydrogens is 259 g/mol. The molecule has 0 aromatic rings. The highest BCUT2D eigenvalue weighted by Gasteiger charge is 2.41. The second kappa shape index (κ2) is 6.70. The summed E-state index contributed by atoms with van der Waals surface area (Å²) in [5.41, 5.74) is 0. The normalized spacial score (nSPS) is 14.3. The van der Waals surface area contributed by atoms with Gasteiger partial charge in [0.1, 0.15) is 12.2 Å². The van der Waals surface area contributed by atoms with Crippen molar-refractivity contribution in [3.63, 3.8) is 0 Å². The second-order valence-electron chi connectivity index (χ2n) is 6.72. The lowest BCUT2D eigenvalue weighted by molar-refractivity contribution is -0.139. The Bertz CT molecular complexity index is 334. The highest BCUT2D eigenvalue weighted by molar-refractivity contribution is 6.72. The van der Waals surface area contributed by atoms with Gasteiger partial charge in [-0.15, -0.1) is 0 Å². The maximum atomic E-state index is 12.2. The van der Waals surface area contributed by atoms with Crippen LogP contribution in [0.2, 0.25) is 18.1 Å². The molecule has 0 fully saturated rings. The minimum absolute atomic E-state index is 0.0897. The quantitative estimate of drug-likeness (QED) is 0.571.